The van der Waals surface area contributed by atoms with E-state index in [1.54, 1.807) is 15.5 Å². The number of nitriles is 1. The Balaban J connectivity index is 0.740. The smallest absolute Gasteiger partial charge is 0.318 e. The van der Waals surface area contributed by atoms with Crippen LogP contribution < -0.4 is 19.9 Å². The van der Waals surface area contributed by atoms with Gasteiger partial charge in [0, 0.05) is 107 Å². The van der Waals surface area contributed by atoms with E-state index < -0.39 is 5.91 Å². The summed E-state index contributed by atoms with van der Waals surface area (Å²) in [6, 6.07) is 25.2. The SMILES string of the molecule is C=CC(=O)N1CCN(c2nc(OCCN3CCC(C(=O)N4CCN(Cc5ccc(-n6c(C(=O)NC)nnc6-c6cc(C(C)C)c(O)cc6O)cc5)CC4)CC3)nc3c2CCN(c2cccc4cccc(Cl)c24)C3)CC1CC#N. The second-order valence-corrected chi connectivity index (χ2v) is 21.2. The van der Waals surface area contributed by atoms with Crippen LogP contribution in [0.5, 0.6) is 17.5 Å². The highest BCUT2D eigenvalue weighted by molar-refractivity contribution is 6.36. The first kappa shape index (κ1) is 53.6. The molecule has 10 rings (SSSR count). The highest BCUT2D eigenvalue weighted by Crippen LogP contribution is 2.40. The van der Waals surface area contributed by atoms with E-state index in [0.29, 0.717) is 87.2 Å². The van der Waals surface area contributed by atoms with Crippen LogP contribution in [0, 0.1) is 17.2 Å². The minimum absolute atomic E-state index is 0.0217. The van der Waals surface area contributed by atoms with Crippen LogP contribution in [0.4, 0.5) is 11.5 Å². The van der Waals surface area contributed by atoms with Gasteiger partial charge in [-0.3, -0.25) is 28.8 Å². The molecule has 6 heterocycles. The van der Waals surface area contributed by atoms with Crippen molar-refractivity contribution in [3.63, 3.8) is 0 Å². The van der Waals surface area contributed by atoms with Gasteiger partial charge in [-0.05, 0) is 91.2 Å². The molecule has 1 atom stereocenters. The molecule has 0 radical (unpaired) electrons. The molecule has 0 saturated carbocycles. The lowest BCUT2D eigenvalue weighted by atomic mass is 9.95. The van der Waals surface area contributed by atoms with Gasteiger partial charge in [-0.2, -0.15) is 15.2 Å². The Labute approximate surface area is 459 Å². The molecule has 0 bridgehead atoms. The van der Waals surface area contributed by atoms with Crippen molar-refractivity contribution in [2.24, 2.45) is 5.92 Å². The first-order valence-corrected chi connectivity index (χ1v) is 27.3. The number of amides is 3. The van der Waals surface area contributed by atoms with E-state index in [1.165, 1.54) is 19.2 Å². The number of piperazine rings is 2. The predicted molar refractivity (Wildman–Crippen MR) is 298 cm³/mol. The molecule has 4 aliphatic heterocycles. The van der Waals surface area contributed by atoms with Gasteiger partial charge in [0.1, 0.15) is 23.9 Å². The van der Waals surface area contributed by atoms with Crippen molar-refractivity contribution in [1.29, 1.82) is 5.26 Å². The van der Waals surface area contributed by atoms with Crippen molar-refractivity contribution in [3.05, 3.63) is 119 Å². The largest absolute Gasteiger partial charge is 0.508 e. The molecular formula is C58H66ClN13O6. The van der Waals surface area contributed by atoms with Gasteiger partial charge in [-0.15, -0.1) is 10.2 Å². The van der Waals surface area contributed by atoms with Crippen LogP contribution in [0.3, 0.4) is 0 Å². The van der Waals surface area contributed by atoms with Crippen LogP contribution in [0.1, 0.15) is 72.0 Å². The molecule has 4 aliphatic rings. The number of ether oxygens (including phenoxy) is 1. The normalized spacial score (nSPS) is 17.5. The summed E-state index contributed by atoms with van der Waals surface area (Å²) in [5.74, 6) is 0.430. The lowest BCUT2D eigenvalue weighted by Gasteiger charge is -2.42. The van der Waals surface area contributed by atoms with Crippen molar-refractivity contribution in [3.8, 4) is 40.7 Å². The highest BCUT2D eigenvalue weighted by atomic mass is 35.5. The van der Waals surface area contributed by atoms with Gasteiger partial charge >= 0.3 is 6.01 Å². The number of carbonyl (C=O) groups is 3. The molecule has 406 valence electrons. The molecular weight excluding hydrogens is 1010 g/mol. The number of hydrogen-bond donors (Lipinski definition) is 3. The minimum Gasteiger partial charge on any atom is -0.508 e. The van der Waals surface area contributed by atoms with Crippen LogP contribution in [0.2, 0.25) is 5.02 Å². The number of piperidine rings is 1. The standard InChI is InChI=1S/C58H66ClN13O6/c1-5-51(75)71-29-28-70(35-42(71)16-20-60)53-43-19-23-69(48-11-7-9-39-8-6-10-46(59)52(39)48)36-47(43)62-58(63-53)78-31-30-66-21-17-40(18-22-66)57(77)68-26-24-67(25-27-68)34-38-12-14-41(15-13-38)72-54(64-65-55(72)56(76)61-4)45-32-44(37(2)3)49(73)33-50(45)74/h5-15,32-33,37,40,42,73-74H,1,16-19,21-31,34-36H2,2-4H3,(H,61,76). The lowest BCUT2D eigenvalue weighted by molar-refractivity contribution is -0.139. The van der Waals surface area contributed by atoms with E-state index in [4.69, 9.17) is 26.3 Å². The van der Waals surface area contributed by atoms with Crippen molar-refractivity contribution >= 4 is 51.6 Å². The number of hydrogen-bond acceptors (Lipinski definition) is 15. The van der Waals surface area contributed by atoms with Crippen molar-refractivity contribution < 1.29 is 29.3 Å². The molecule has 4 aromatic carbocycles. The van der Waals surface area contributed by atoms with E-state index in [9.17, 15) is 29.9 Å². The zero-order chi connectivity index (χ0) is 54.6. The van der Waals surface area contributed by atoms with Crippen LogP contribution in [0.15, 0.2) is 85.5 Å². The third-order valence-corrected chi connectivity index (χ3v) is 16.0. The van der Waals surface area contributed by atoms with Gasteiger partial charge in [0.05, 0.1) is 41.4 Å². The number of aromatic hydroxyl groups is 2. The zero-order valence-corrected chi connectivity index (χ0v) is 45.2. The second-order valence-electron chi connectivity index (χ2n) is 20.8. The summed E-state index contributed by atoms with van der Waals surface area (Å²) in [7, 11) is 1.52. The maximum absolute atomic E-state index is 13.9. The lowest BCUT2D eigenvalue weighted by Crippen LogP contribution is -2.55. The number of phenolic OH excluding ortho intramolecular Hbond substituents is 2. The number of carbonyl (C=O) groups excluding carboxylic acids is 3. The van der Waals surface area contributed by atoms with Crippen molar-refractivity contribution in [2.45, 2.75) is 64.6 Å². The highest BCUT2D eigenvalue weighted by Gasteiger charge is 2.35. The monoisotopic (exact) mass is 1080 g/mol. The number of nitrogens with one attached hydrogen (secondary N) is 1. The number of anilines is 2. The maximum Gasteiger partial charge on any atom is 0.318 e. The van der Waals surface area contributed by atoms with Gasteiger partial charge in [0.15, 0.2) is 5.82 Å². The quantitative estimate of drug-likeness (QED) is 0.0932. The van der Waals surface area contributed by atoms with Gasteiger partial charge < -0.3 is 39.9 Å². The molecule has 1 unspecified atom stereocenters. The number of benzene rings is 4. The van der Waals surface area contributed by atoms with E-state index in [-0.39, 0.29) is 65.3 Å². The Bertz CT molecular complexity index is 3250. The summed E-state index contributed by atoms with van der Waals surface area (Å²) in [6.07, 6.45) is 3.73. The Kier molecular flexibility index (Phi) is 16.1. The molecule has 2 aromatic heterocycles. The molecule has 78 heavy (non-hydrogen) atoms. The average Bonchev–Trinajstić information content (AvgIpc) is 4.04. The summed E-state index contributed by atoms with van der Waals surface area (Å²) in [5.41, 5.74) is 5.63. The minimum atomic E-state index is -0.437. The third kappa shape index (κ3) is 11.2. The maximum atomic E-state index is 13.9. The van der Waals surface area contributed by atoms with Crippen molar-refractivity contribution in [1.82, 2.24) is 49.6 Å². The Morgan fingerprint density at radius 1 is 0.897 bits per heavy atom. The first-order valence-electron chi connectivity index (χ1n) is 26.9. The fourth-order valence-electron chi connectivity index (χ4n) is 11.5. The topological polar surface area (TPSA) is 213 Å². The van der Waals surface area contributed by atoms with Crippen LogP contribution in [-0.2, 0) is 29.1 Å². The zero-order valence-electron chi connectivity index (χ0n) is 44.4. The fraction of sp³-hybridized carbons (Fsp3) is 0.414. The van der Waals surface area contributed by atoms with Crippen LogP contribution in [-0.4, -0.2) is 164 Å². The number of likely N-dealkylation sites (tertiary alicyclic amines) is 1. The molecule has 3 N–H and O–H groups in total. The molecule has 0 spiro atoms. The Morgan fingerprint density at radius 2 is 1.65 bits per heavy atom. The van der Waals surface area contributed by atoms with E-state index in [2.05, 4.69) is 72.0 Å². The molecule has 3 fully saturated rings. The number of aromatic nitrogens is 5. The predicted octanol–water partition coefficient (Wildman–Crippen LogP) is 6.54. The molecule has 6 aromatic rings. The number of nitrogens with zero attached hydrogens (tertiary/aromatic N) is 12. The van der Waals surface area contributed by atoms with Gasteiger partial charge in [0.2, 0.25) is 17.6 Å². The second kappa shape index (κ2) is 23.4. The van der Waals surface area contributed by atoms with Crippen LogP contribution >= 0.6 is 11.6 Å². The van der Waals surface area contributed by atoms with Crippen molar-refractivity contribution in [2.75, 3.05) is 95.4 Å². The molecule has 3 amide bonds. The van der Waals surface area contributed by atoms with E-state index in [0.717, 1.165) is 84.7 Å². The third-order valence-electron chi connectivity index (χ3n) is 15.7. The number of fused-ring (bicyclic) bond motifs is 2. The average molecular weight is 1080 g/mol. The fourth-order valence-corrected chi connectivity index (χ4v) is 11.7. The molecule has 3 saturated heterocycles. The first-order chi connectivity index (χ1) is 37.8. The number of halogens is 1. The van der Waals surface area contributed by atoms with Gasteiger partial charge in [0.25, 0.3) is 5.91 Å². The van der Waals surface area contributed by atoms with E-state index >= 15 is 0 Å². The molecule has 19 nitrogen and oxygen atoms in total. The van der Waals surface area contributed by atoms with Gasteiger partial charge in [-0.1, -0.05) is 68.4 Å². The Morgan fingerprint density at radius 3 is 2.37 bits per heavy atom. The van der Waals surface area contributed by atoms with Gasteiger partial charge in [-0.25, -0.2) is 0 Å². The summed E-state index contributed by atoms with van der Waals surface area (Å²) in [6.45, 7) is 16.3. The van der Waals surface area contributed by atoms with Crippen LogP contribution in [0.25, 0.3) is 27.8 Å². The summed E-state index contributed by atoms with van der Waals surface area (Å²) in [5, 5.41) is 45.0. The summed E-state index contributed by atoms with van der Waals surface area (Å²) >= 11 is 6.80. The van der Waals surface area contributed by atoms with E-state index in [1.807, 2.05) is 55.1 Å². The molecule has 20 heteroatoms. The summed E-state index contributed by atoms with van der Waals surface area (Å²) < 4.78 is 8.02. The number of rotatable bonds is 15. The Hall–Kier alpha value is -7.79. The molecule has 0 aliphatic carbocycles. The number of phenols is 2. The summed E-state index contributed by atoms with van der Waals surface area (Å²) in [4.78, 5) is 62.7.